The van der Waals surface area contributed by atoms with Crippen LogP contribution in [0, 0.1) is 17.0 Å². The molecule has 4 aromatic rings. The fourth-order valence-corrected chi connectivity index (χ4v) is 3.75. The first-order valence-corrected chi connectivity index (χ1v) is 11.1. The molecule has 3 aromatic carbocycles. The molecule has 180 valence electrons. The van der Waals surface area contributed by atoms with Gasteiger partial charge in [0.15, 0.2) is 11.6 Å². The molecule has 0 aliphatic heterocycles. The van der Waals surface area contributed by atoms with Crippen molar-refractivity contribution in [3.8, 4) is 11.1 Å². The van der Waals surface area contributed by atoms with Gasteiger partial charge in [0.1, 0.15) is 18.3 Å². The summed E-state index contributed by atoms with van der Waals surface area (Å²) in [6, 6.07) is 18.4. The minimum atomic E-state index is -1.01. The lowest BCUT2D eigenvalue weighted by atomic mass is 10.0. The van der Waals surface area contributed by atoms with E-state index in [1.165, 1.54) is 0 Å². The number of amides is 1. The van der Waals surface area contributed by atoms with Gasteiger partial charge in [0.2, 0.25) is 0 Å². The number of hydrogen-bond acceptors (Lipinski definition) is 3. The maximum Gasteiger partial charge on any atom is 0.251 e. The van der Waals surface area contributed by atoms with Crippen LogP contribution in [0.2, 0.25) is 0 Å². The minimum absolute atomic E-state index is 0.223. The third kappa shape index (κ3) is 5.87. The first kappa shape index (κ1) is 24.0. The van der Waals surface area contributed by atoms with Crippen LogP contribution in [0.25, 0.3) is 22.2 Å². The first-order valence-electron chi connectivity index (χ1n) is 11.1. The van der Waals surface area contributed by atoms with Gasteiger partial charge >= 0.3 is 0 Å². The van der Waals surface area contributed by atoms with Crippen molar-refractivity contribution in [1.82, 2.24) is 20.6 Å². The molecule has 0 aliphatic rings. The lowest BCUT2D eigenvalue weighted by Gasteiger charge is -2.17. The Kier molecular flexibility index (Phi) is 7.45. The highest BCUT2D eigenvalue weighted by atomic mass is 19.2. The predicted octanol–water partition coefficient (Wildman–Crippen LogP) is 5.30. The van der Waals surface area contributed by atoms with Gasteiger partial charge in [-0.15, -0.1) is 0 Å². The van der Waals surface area contributed by atoms with E-state index < -0.39 is 24.4 Å². The molecule has 9 heteroatoms. The van der Waals surface area contributed by atoms with Gasteiger partial charge in [0.25, 0.3) is 5.91 Å². The fourth-order valence-electron chi connectivity index (χ4n) is 3.75. The standard InChI is InChI=1S/C26H24F3N5O/c27-15-24(30)31-12-4-7-21(25-32-22-13-19(28)20(29)14-23(22)33-25)34-26(35)18-10-8-17(9-11-18)16-5-2-1-3-6-16/h1-3,5-6,8-11,13-14,21H,4,7,12,15H2,(H2,30,31)(H,32,33)(H,34,35)/t21-/m0/s1. The maximum absolute atomic E-state index is 13.7. The van der Waals surface area contributed by atoms with E-state index >= 15 is 0 Å². The van der Waals surface area contributed by atoms with Gasteiger partial charge in [0, 0.05) is 24.2 Å². The van der Waals surface area contributed by atoms with Crippen LogP contribution in [0.15, 0.2) is 66.7 Å². The highest BCUT2D eigenvalue weighted by Gasteiger charge is 2.20. The van der Waals surface area contributed by atoms with E-state index in [1.807, 2.05) is 42.5 Å². The number of fused-ring (bicyclic) bond motifs is 1. The van der Waals surface area contributed by atoms with Gasteiger partial charge in [-0.3, -0.25) is 10.2 Å². The Balaban J connectivity index is 1.52. The Morgan fingerprint density at radius 3 is 2.40 bits per heavy atom. The van der Waals surface area contributed by atoms with Gasteiger partial charge in [-0.25, -0.2) is 18.2 Å². The zero-order valence-corrected chi connectivity index (χ0v) is 18.7. The van der Waals surface area contributed by atoms with E-state index in [4.69, 9.17) is 5.41 Å². The number of rotatable bonds is 9. The Bertz CT molecular complexity index is 1280. The number of benzene rings is 3. The molecule has 0 unspecified atom stereocenters. The summed E-state index contributed by atoms with van der Waals surface area (Å²) in [7, 11) is 0. The first-order chi connectivity index (χ1) is 16.9. The Hall–Kier alpha value is -4.14. The third-order valence-corrected chi connectivity index (χ3v) is 5.57. The van der Waals surface area contributed by atoms with E-state index in [2.05, 4.69) is 20.6 Å². The molecule has 0 spiro atoms. The van der Waals surface area contributed by atoms with Crippen LogP contribution in [-0.4, -0.2) is 34.9 Å². The zero-order valence-electron chi connectivity index (χ0n) is 18.7. The van der Waals surface area contributed by atoms with E-state index in [1.54, 1.807) is 12.1 Å². The summed E-state index contributed by atoms with van der Waals surface area (Å²) in [6.07, 6.45) is 0.880. The molecule has 4 rings (SSSR count). The molecule has 1 heterocycles. The summed E-state index contributed by atoms with van der Waals surface area (Å²) in [5.74, 6) is -2.22. The summed E-state index contributed by atoms with van der Waals surface area (Å²) in [5.41, 5.74) is 3.00. The van der Waals surface area contributed by atoms with E-state index in [-0.39, 0.29) is 17.3 Å². The largest absolute Gasteiger partial charge is 0.372 e. The van der Waals surface area contributed by atoms with E-state index in [9.17, 15) is 18.0 Å². The van der Waals surface area contributed by atoms with Gasteiger partial charge in [-0.2, -0.15) is 0 Å². The molecule has 0 saturated heterocycles. The van der Waals surface area contributed by atoms with E-state index in [0.717, 1.165) is 23.3 Å². The molecule has 6 nitrogen and oxygen atoms in total. The normalized spacial score (nSPS) is 11.9. The quantitative estimate of drug-likeness (QED) is 0.149. The van der Waals surface area contributed by atoms with Crippen molar-refractivity contribution < 1.29 is 18.0 Å². The average molecular weight is 480 g/mol. The van der Waals surface area contributed by atoms with Crippen molar-refractivity contribution in [3.05, 3.63) is 89.8 Å². The molecule has 35 heavy (non-hydrogen) atoms. The number of nitrogens with one attached hydrogen (secondary N) is 4. The van der Waals surface area contributed by atoms with Crippen molar-refractivity contribution in [2.45, 2.75) is 18.9 Å². The molecular formula is C26H24F3N5O. The SMILES string of the molecule is N=C(CF)NCCC[C@H](NC(=O)c1ccc(-c2ccccc2)cc1)c1nc2cc(F)c(F)cc2[nH]1. The number of aromatic nitrogens is 2. The summed E-state index contributed by atoms with van der Waals surface area (Å²) < 4.78 is 39.8. The van der Waals surface area contributed by atoms with Crippen molar-refractivity contribution >= 4 is 22.8 Å². The highest BCUT2D eigenvalue weighted by molar-refractivity contribution is 5.95. The summed E-state index contributed by atoms with van der Waals surface area (Å²) >= 11 is 0. The van der Waals surface area contributed by atoms with Gasteiger partial charge in [-0.05, 0) is 36.1 Å². The van der Waals surface area contributed by atoms with Gasteiger partial charge < -0.3 is 15.6 Å². The van der Waals surface area contributed by atoms with E-state index in [0.29, 0.717) is 36.3 Å². The second-order valence-corrected chi connectivity index (χ2v) is 8.06. The van der Waals surface area contributed by atoms with Crippen molar-refractivity contribution in [2.24, 2.45) is 0 Å². The van der Waals surface area contributed by atoms with Crippen LogP contribution in [0.1, 0.15) is 35.1 Å². The predicted molar refractivity (Wildman–Crippen MR) is 129 cm³/mol. The van der Waals surface area contributed by atoms with Crippen LogP contribution in [0.5, 0.6) is 0 Å². The molecule has 0 fully saturated rings. The monoisotopic (exact) mass is 479 g/mol. The van der Waals surface area contributed by atoms with Gasteiger partial charge in [0.05, 0.1) is 17.1 Å². The smallest absolute Gasteiger partial charge is 0.251 e. The third-order valence-electron chi connectivity index (χ3n) is 5.57. The lowest BCUT2D eigenvalue weighted by Crippen LogP contribution is -2.31. The molecule has 0 saturated carbocycles. The minimum Gasteiger partial charge on any atom is -0.372 e. The number of aromatic amines is 1. The van der Waals surface area contributed by atoms with Crippen LogP contribution < -0.4 is 10.6 Å². The highest BCUT2D eigenvalue weighted by Crippen LogP contribution is 2.23. The number of carbonyl (C=O) groups is 1. The molecule has 0 aliphatic carbocycles. The number of amidine groups is 1. The number of halogens is 3. The van der Waals surface area contributed by atoms with Crippen LogP contribution in [0.4, 0.5) is 13.2 Å². The average Bonchev–Trinajstić information content (AvgIpc) is 3.28. The van der Waals surface area contributed by atoms with Crippen molar-refractivity contribution in [2.75, 3.05) is 13.2 Å². The van der Waals surface area contributed by atoms with Crippen LogP contribution in [0.3, 0.4) is 0 Å². The number of carbonyl (C=O) groups excluding carboxylic acids is 1. The summed E-state index contributed by atoms with van der Waals surface area (Å²) in [5, 5.41) is 12.9. The van der Waals surface area contributed by atoms with Crippen LogP contribution >= 0.6 is 0 Å². The molecule has 4 N–H and O–H groups in total. The Morgan fingerprint density at radius 1 is 1.00 bits per heavy atom. The number of imidazole rings is 1. The number of alkyl halides is 1. The topological polar surface area (TPSA) is 93.7 Å². The van der Waals surface area contributed by atoms with Crippen LogP contribution in [-0.2, 0) is 0 Å². The zero-order chi connectivity index (χ0) is 24.8. The summed E-state index contributed by atoms with van der Waals surface area (Å²) in [6.45, 7) is -0.565. The Labute approximate surface area is 200 Å². The molecule has 1 aromatic heterocycles. The summed E-state index contributed by atoms with van der Waals surface area (Å²) in [4.78, 5) is 20.3. The molecule has 1 atom stereocenters. The molecule has 1 amide bonds. The van der Waals surface area contributed by atoms with Crippen molar-refractivity contribution in [1.29, 1.82) is 5.41 Å². The number of nitrogens with zero attached hydrogens (tertiary/aromatic N) is 1. The molecule has 0 bridgehead atoms. The van der Waals surface area contributed by atoms with Crippen molar-refractivity contribution in [3.63, 3.8) is 0 Å². The fraction of sp³-hybridized carbons (Fsp3) is 0.192. The van der Waals surface area contributed by atoms with Gasteiger partial charge in [-0.1, -0.05) is 42.5 Å². The second kappa shape index (κ2) is 10.9. The maximum atomic E-state index is 13.7. The lowest BCUT2D eigenvalue weighted by molar-refractivity contribution is 0.0932. The Morgan fingerprint density at radius 2 is 1.69 bits per heavy atom. The molecule has 0 radical (unpaired) electrons. The number of H-pyrrole nitrogens is 1. The second-order valence-electron chi connectivity index (χ2n) is 8.06. The molecular weight excluding hydrogens is 455 g/mol. The number of hydrogen-bond donors (Lipinski definition) is 4.